The molecule has 0 spiro atoms. The molecule has 0 unspecified atom stereocenters. The lowest BCUT2D eigenvalue weighted by molar-refractivity contribution is 0.0663. The van der Waals surface area contributed by atoms with E-state index in [4.69, 9.17) is 13.9 Å². The Bertz CT molecular complexity index is 1090. The standard InChI is InChI=1S/C22H21NO5/c1-3-27-15-8-6-7-14(13-15)19-18-20(24)16-9-4-5-10-17(16)28-21(18)22(25)23(19)11-12-26-2/h4-10,13,19H,3,11-12H2,1-2H3/t19-/m1/s1. The first kappa shape index (κ1) is 18.3. The highest BCUT2D eigenvalue weighted by atomic mass is 16.5. The fourth-order valence-electron chi connectivity index (χ4n) is 3.68. The molecule has 0 N–H and O–H groups in total. The second-order valence-corrected chi connectivity index (χ2v) is 6.57. The van der Waals surface area contributed by atoms with Crippen LogP contribution in [0.25, 0.3) is 11.0 Å². The number of methoxy groups -OCH3 is 1. The molecule has 4 rings (SSSR count). The summed E-state index contributed by atoms with van der Waals surface area (Å²) in [6.45, 7) is 3.14. The number of carbonyl (C=O) groups excluding carboxylic acids is 1. The Morgan fingerprint density at radius 1 is 1.11 bits per heavy atom. The number of hydrogen-bond acceptors (Lipinski definition) is 5. The van der Waals surface area contributed by atoms with E-state index in [0.717, 1.165) is 5.56 Å². The summed E-state index contributed by atoms with van der Waals surface area (Å²) in [6, 6.07) is 13.9. The molecule has 28 heavy (non-hydrogen) atoms. The molecule has 0 bridgehead atoms. The molecule has 1 atom stereocenters. The first-order valence-corrected chi connectivity index (χ1v) is 9.24. The molecule has 1 aliphatic rings. The van der Waals surface area contributed by atoms with Gasteiger partial charge in [0.1, 0.15) is 11.3 Å². The third kappa shape index (κ3) is 2.96. The molecule has 0 aliphatic carbocycles. The van der Waals surface area contributed by atoms with Crippen LogP contribution in [0.5, 0.6) is 5.75 Å². The zero-order chi connectivity index (χ0) is 19.7. The summed E-state index contributed by atoms with van der Waals surface area (Å²) in [5.74, 6) is 0.492. The minimum absolute atomic E-state index is 0.103. The Kier molecular flexibility index (Phi) is 4.88. The van der Waals surface area contributed by atoms with E-state index in [-0.39, 0.29) is 17.1 Å². The molecule has 1 aliphatic heterocycles. The normalized spacial score (nSPS) is 15.9. The summed E-state index contributed by atoms with van der Waals surface area (Å²) >= 11 is 0. The average molecular weight is 379 g/mol. The van der Waals surface area contributed by atoms with Crippen LogP contribution in [0.1, 0.15) is 34.6 Å². The summed E-state index contributed by atoms with van der Waals surface area (Å²) in [7, 11) is 1.58. The Hall–Kier alpha value is -3.12. The Labute approximate surface area is 162 Å². The summed E-state index contributed by atoms with van der Waals surface area (Å²) in [6.07, 6.45) is 0. The summed E-state index contributed by atoms with van der Waals surface area (Å²) < 4.78 is 16.7. The minimum Gasteiger partial charge on any atom is -0.494 e. The van der Waals surface area contributed by atoms with Crippen LogP contribution in [0.3, 0.4) is 0 Å². The summed E-state index contributed by atoms with van der Waals surface area (Å²) in [5.41, 5.74) is 1.40. The van der Waals surface area contributed by atoms with Crippen LogP contribution in [-0.2, 0) is 4.74 Å². The molecular weight excluding hydrogens is 358 g/mol. The number of rotatable bonds is 6. The SMILES string of the molecule is CCOc1cccc([C@@H]2c3c(oc4ccccc4c3=O)C(=O)N2CCOC)c1. The van der Waals surface area contributed by atoms with Crippen LogP contribution in [0.15, 0.2) is 57.7 Å². The van der Waals surface area contributed by atoms with Crippen molar-refractivity contribution >= 4 is 16.9 Å². The van der Waals surface area contributed by atoms with Crippen molar-refractivity contribution in [2.75, 3.05) is 26.9 Å². The van der Waals surface area contributed by atoms with E-state index >= 15 is 0 Å². The minimum atomic E-state index is -0.543. The van der Waals surface area contributed by atoms with E-state index in [2.05, 4.69) is 0 Å². The molecule has 3 aromatic rings. The van der Waals surface area contributed by atoms with Crippen LogP contribution >= 0.6 is 0 Å². The molecule has 2 heterocycles. The molecule has 0 saturated heterocycles. The van der Waals surface area contributed by atoms with Crippen molar-refractivity contribution < 1.29 is 18.7 Å². The topological polar surface area (TPSA) is 69.0 Å². The quantitative estimate of drug-likeness (QED) is 0.657. The van der Waals surface area contributed by atoms with Gasteiger partial charge >= 0.3 is 0 Å². The maximum atomic E-state index is 13.3. The molecule has 1 aromatic heterocycles. The number of carbonyl (C=O) groups is 1. The van der Waals surface area contributed by atoms with Crippen molar-refractivity contribution in [3.63, 3.8) is 0 Å². The number of hydrogen-bond donors (Lipinski definition) is 0. The molecule has 0 radical (unpaired) electrons. The fourth-order valence-corrected chi connectivity index (χ4v) is 3.68. The number of fused-ring (bicyclic) bond motifs is 2. The van der Waals surface area contributed by atoms with Crippen molar-refractivity contribution in [3.05, 3.63) is 75.6 Å². The largest absolute Gasteiger partial charge is 0.494 e. The zero-order valence-corrected chi connectivity index (χ0v) is 15.8. The van der Waals surface area contributed by atoms with Crippen LogP contribution in [-0.4, -0.2) is 37.7 Å². The Balaban J connectivity index is 1.93. The van der Waals surface area contributed by atoms with Gasteiger partial charge < -0.3 is 18.8 Å². The summed E-state index contributed by atoms with van der Waals surface area (Å²) in [5, 5.41) is 0.466. The average Bonchev–Trinajstić information content (AvgIpc) is 2.99. The van der Waals surface area contributed by atoms with E-state index in [1.807, 2.05) is 31.2 Å². The van der Waals surface area contributed by atoms with E-state index in [1.54, 1.807) is 36.3 Å². The van der Waals surface area contributed by atoms with E-state index in [1.165, 1.54) is 0 Å². The third-order valence-corrected chi connectivity index (χ3v) is 4.89. The van der Waals surface area contributed by atoms with Crippen molar-refractivity contribution in [2.45, 2.75) is 13.0 Å². The highest BCUT2D eigenvalue weighted by molar-refractivity contribution is 5.99. The lowest BCUT2D eigenvalue weighted by Gasteiger charge is -2.25. The van der Waals surface area contributed by atoms with Gasteiger partial charge in [-0.25, -0.2) is 0 Å². The first-order chi connectivity index (χ1) is 13.7. The Morgan fingerprint density at radius 2 is 1.93 bits per heavy atom. The van der Waals surface area contributed by atoms with Gasteiger partial charge in [0.05, 0.1) is 30.2 Å². The van der Waals surface area contributed by atoms with Crippen molar-refractivity contribution in [1.29, 1.82) is 0 Å². The molecule has 1 amide bonds. The Morgan fingerprint density at radius 3 is 2.71 bits per heavy atom. The molecule has 6 nitrogen and oxygen atoms in total. The van der Waals surface area contributed by atoms with Crippen LogP contribution in [0.4, 0.5) is 0 Å². The van der Waals surface area contributed by atoms with Crippen LogP contribution in [0.2, 0.25) is 0 Å². The van der Waals surface area contributed by atoms with Gasteiger partial charge in [-0.1, -0.05) is 24.3 Å². The molecule has 0 fully saturated rings. The number of benzene rings is 2. The van der Waals surface area contributed by atoms with Gasteiger partial charge in [-0.2, -0.15) is 0 Å². The monoisotopic (exact) mass is 379 g/mol. The van der Waals surface area contributed by atoms with Gasteiger partial charge in [0.2, 0.25) is 5.76 Å². The van der Waals surface area contributed by atoms with E-state index in [0.29, 0.717) is 42.0 Å². The number of para-hydroxylation sites is 1. The maximum absolute atomic E-state index is 13.3. The van der Waals surface area contributed by atoms with Gasteiger partial charge in [0, 0.05) is 13.7 Å². The lowest BCUT2D eigenvalue weighted by atomic mass is 9.98. The molecular formula is C22H21NO5. The number of amides is 1. The fraction of sp³-hybridized carbons (Fsp3) is 0.273. The third-order valence-electron chi connectivity index (χ3n) is 4.89. The maximum Gasteiger partial charge on any atom is 0.290 e. The van der Waals surface area contributed by atoms with E-state index in [9.17, 15) is 9.59 Å². The molecule has 2 aromatic carbocycles. The predicted molar refractivity (Wildman–Crippen MR) is 105 cm³/mol. The summed E-state index contributed by atoms with van der Waals surface area (Å²) in [4.78, 5) is 28.0. The number of nitrogens with zero attached hydrogens (tertiary/aromatic N) is 1. The van der Waals surface area contributed by atoms with Gasteiger partial charge in [0.15, 0.2) is 5.43 Å². The second kappa shape index (κ2) is 7.48. The second-order valence-electron chi connectivity index (χ2n) is 6.57. The van der Waals surface area contributed by atoms with Gasteiger partial charge in [0.25, 0.3) is 5.91 Å². The molecule has 144 valence electrons. The van der Waals surface area contributed by atoms with Crippen molar-refractivity contribution in [2.24, 2.45) is 0 Å². The first-order valence-electron chi connectivity index (χ1n) is 9.24. The molecule has 0 saturated carbocycles. The van der Waals surface area contributed by atoms with E-state index < -0.39 is 6.04 Å². The highest BCUT2D eigenvalue weighted by Gasteiger charge is 2.42. The van der Waals surface area contributed by atoms with Crippen molar-refractivity contribution in [3.8, 4) is 5.75 Å². The predicted octanol–water partition coefficient (Wildman–Crippen LogP) is 3.38. The van der Waals surface area contributed by atoms with Crippen LogP contribution < -0.4 is 10.2 Å². The van der Waals surface area contributed by atoms with Gasteiger partial charge in [-0.15, -0.1) is 0 Å². The lowest BCUT2D eigenvalue weighted by Crippen LogP contribution is -2.32. The van der Waals surface area contributed by atoms with Gasteiger partial charge in [-0.3, -0.25) is 9.59 Å². The van der Waals surface area contributed by atoms with Crippen LogP contribution in [0, 0.1) is 0 Å². The van der Waals surface area contributed by atoms with Gasteiger partial charge in [-0.05, 0) is 36.8 Å². The highest BCUT2D eigenvalue weighted by Crippen LogP contribution is 2.38. The zero-order valence-electron chi connectivity index (χ0n) is 15.8. The molecule has 6 heteroatoms. The smallest absolute Gasteiger partial charge is 0.290 e. The number of ether oxygens (including phenoxy) is 2. The van der Waals surface area contributed by atoms with Crippen molar-refractivity contribution in [1.82, 2.24) is 4.90 Å².